The number of nitriles is 1. The van der Waals surface area contributed by atoms with Gasteiger partial charge in [0.05, 0.1) is 12.5 Å². The summed E-state index contributed by atoms with van der Waals surface area (Å²) in [6, 6.07) is 2.12. The summed E-state index contributed by atoms with van der Waals surface area (Å²) in [5.74, 6) is 1.41. The molecule has 2 aromatic rings. The predicted octanol–water partition coefficient (Wildman–Crippen LogP) is 4.71. The van der Waals surface area contributed by atoms with Crippen LogP contribution in [0.25, 0.3) is 9.69 Å². The Labute approximate surface area is 237 Å². The Morgan fingerprint density at radius 3 is 1.56 bits per heavy atom. The minimum Gasteiger partial charge on any atom is -0.325 e. The number of H-pyrrole nitrogens is 2. The number of rotatable bonds is 5. The molecule has 3 fully saturated rings. The van der Waals surface area contributed by atoms with Gasteiger partial charge in [-0.3, -0.25) is 0 Å². The third-order valence-corrected chi connectivity index (χ3v) is 8.08. The van der Waals surface area contributed by atoms with Gasteiger partial charge in [-0.05, 0) is 38.5 Å². The van der Waals surface area contributed by atoms with Crippen molar-refractivity contribution in [3.8, 4) is 6.07 Å². The number of aromatic amines is 2. The molecule has 3 aliphatic rings. The van der Waals surface area contributed by atoms with Crippen LogP contribution in [0.2, 0.25) is 0 Å². The maximum absolute atomic E-state index is 8.52. The minimum atomic E-state index is -0.299. The molecular formula is C26H41ClN12. The summed E-state index contributed by atoms with van der Waals surface area (Å²) >= 11 is 0. The molecule has 12 nitrogen and oxygen atoms in total. The molecule has 39 heavy (non-hydrogen) atoms. The molecule has 212 valence electrons. The average Bonchev–Trinajstić information content (AvgIpc) is 3.65. The predicted molar refractivity (Wildman–Crippen MR) is 148 cm³/mol. The van der Waals surface area contributed by atoms with Crippen molar-refractivity contribution in [2.45, 2.75) is 132 Å². The minimum absolute atomic E-state index is 0. The van der Waals surface area contributed by atoms with Gasteiger partial charge in [0.1, 0.15) is 6.42 Å². The van der Waals surface area contributed by atoms with Gasteiger partial charge in [-0.25, -0.2) is 13.1 Å². The van der Waals surface area contributed by atoms with Gasteiger partial charge in [-0.1, -0.05) is 42.5 Å². The maximum atomic E-state index is 8.52. The molecule has 0 unspecified atom stereocenters. The Balaban J connectivity index is 0.000000204. The van der Waals surface area contributed by atoms with E-state index in [1.54, 1.807) is 0 Å². The van der Waals surface area contributed by atoms with Crippen LogP contribution >= 0.6 is 12.4 Å². The van der Waals surface area contributed by atoms with Gasteiger partial charge in [0, 0.05) is 37.6 Å². The summed E-state index contributed by atoms with van der Waals surface area (Å²) < 4.78 is 0. The zero-order valence-corrected chi connectivity index (χ0v) is 23.6. The van der Waals surface area contributed by atoms with Crippen LogP contribution in [0.15, 0.2) is 0 Å². The fourth-order valence-corrected chi connectivity index (χ4v) is 5.78. The monoisotopic (exact) mass is 556 g/mol. The highest BCUT2D eigenvalue weighted by molar-refractivity contribution is 5.85. The highest BCUT2D eigenvalue weighted by Gasteiger charge is 2.39. The fourth-order valence-electron chi connectivity index (χ4n) is 5.78. The Bertz CT molecular complexity index is 1050. The number of nitrogens with one attached hydrogen (secondary N) is 2. The Hall–Kier alpha value is -3.14. The molecule has 0 radical (unpaired) electrons. The number of aromatic nitrogens is 8. The molecule has 2 aromatic heterocycles. The highest BCUT2D eigenvalue weighted by Crippen LogP contribution is 2.35. The second kappa shape index (κ2) is 16.1. The quantitative estimate of drug-likeness (QED) is 0.445. The number of halogens is 1. The first kappa shape index (κ1) is 32.1. The Morgan fingerprint density at radius 1 is 0.718 bits per heavy atom. The van der Waals surface area contributed by atoms with Crippen molar-refractivity contribution >= 4 is 12.4 Å². The summed E-state index contributed by atoms with van der Waals surface area (Å²) in [7, 11) is 0. The van der Waals surface area contributed by atoms with Crippen LogP contribution in [0.1, 0.15) is 114 Å². The SMILES string of the molecule is Cl.NC1(Cc2nn[nH]n2)CCCCC1.[C-]#[N+]C1(CC#N)CCCCC1.[C-]#[N+]C1(Cc2nn[nH]n2)CCCCC1. The van der Waals surface area contributed by atoms with Crippen LogP contribution in [0, 0.1) is 24.5 Å². The fraction of sp³-hybridized carbons (Fsp3) is 0.808. The molecule has 0 amide bonds. The summed E-state index contributed by atoms with van der Waals surface area (Å²) in [6.45, 7) is 14.3. The second-order valence-electron chi connectivity index (χ2n) is 11.1. The van der Waals surface area contributed by atoms with Gasteiger partial charge in [-0.15, -0.1) is 32.8 Å². The number of hydrogen-bond donors (Lipinski definition) is 3. The molecule has 13 heteroatoms. The first-order valence-electron chi connectivity index (χ1n) is 13.8. The van der Waals surface area contributed by atoms with Crippen molar-refractivity contribution < 1.29 is 0 Å². The van der Waals surface area contributed by atoms with Gasteiger partial charge in [0.15, 0.2) is 11.6 Å². The molecule has 0 spiro atoms. The van der Waals surface area contributed by atoms with E-state index in [9.17, 15) is 0 Å². The van der Waals surface area contributed by atoms with Crippen molar-refractivity contribution in [2.75, 3.05) is 0 Å². The number of tetrazole rings is 2. The third-order valence-electron chi connectivity index (χ3n) is 8.08. The molecule has 0 bridgehead atoms. The van der Waals surface area contributed by atoms with E-state index in [1.807, 2.05) is 0 Å². The first-order chi connectivity index (χ1) is 18.5. The van der Waals surface area contributed by atoms with Gasteiger partial charge in [0.2, 0.25) is 11.1 Å². The summed E-state index contributed by atoms with van der Waals surface area (Å²) in [6.07, 6.45) is 18.6. The maximum Gasteiger partial charge on any atom is 0.245 e. The van der Waals surface area contributed by atoms with Crippen LogP contribution in [0.4, 0.5) is 0 Å². The summed E-state index contributed by atoms with van der Waals surface area (Å²) in [5.41, 5.74) is 5.60. The lowest BCUT2D eigenvalue weighted by Crippen LogP contribution is -2.44. The molecule has 4 N–H and O–H groups in total. The standard InChI is InChI=1S/C9H13N5.C9H12N2.C8H15N5.ClH/c1-10-9(5-3-2-4-6-9)7-8-11-13-14-12-8;1-11-9(7-8-10)5-3-2-4-6-9;9-8(4-2-1-3-5-8)6-7-10-12-13-11-7;/h2-7H2,(H,11,12,13,14);2-7H2;1-6,9H2,(H,10,11,12,13);1H. The average molecular weight is 557 g/mol. The zero-order chi connectivity index (χ0) is 27.2. The molecule has 2 heterocycles. The van der Waals surface area contributed by atoms with Crippen molar-refractivity contribution in [3.63, 3.8) is 0 Å². The molecule has 3 aliphatic carbocycles. The number of nitrogens with two attached hydrogens (primary N) is 1. The zero-order valence-electron chi connectivity index (χ0n) is 22.7. The van der Waals surface area contributed by atoms with Gasteiger partial charge in [-0.2, -0.15) is 15.7 Å². The van der Waals surface area contributed by atoms with Gasteiger partial charge < -0.3 is 15.4 Å². The van der Waals surface area contributed by atoms with Crippen molar-refractivity contribution in [1.82, 2.24) is 41.2 Å². The smallest absolute Gasteiger partial charge is 0.245 e. The second-order valence-corrected chi connectivity index (χ2v) is 11.1. The van der Waals surface area contributed by atoms with E-state index >= 15 is 0 Å². The van der Waals surface area contributed by atoms with E-state index in [2.05, 4.69) is 57.0 Å². The lowest BCUT2D eigenvalue weighted by molar-refractivity contribution is 0.290. The topological polar surface area (TPSA) is 167 Å². The lowest BCUT2D eigenvalue weighted by atomic mass is 9.80. The van der Waals surface area contributed by atoms with E-state index in [0.717, 1.165) is 76.5 Å². The van der Waals surface area contributed by atoms with Crippen LogP contribution < -0.4 is 5.73 Å². The molecule has 0 atom stereocenters. The van der Waals surface area contributed by atoms with Crippen molar-refractivity contribution in [3.05, 3.63) is 34.5 Å². The molecular weight excluding hydrogens is 516 g/mol. The van der Waals surface area contributed by atoms with Crippen molar-refractivity contribution in [2.24, 2.45) is 5.73 Å². The number of nitrogens with zero attached hydrogens (tertiary/aromatic N) is 9. The summed E-state index contributed by atoms with van der Waals surface area (Å²) in [4.78, 5) is 7.38. The molecule has 0 aliphatic heterocycles. The van der Waals surface area contributed by atoms with Crippen LogP contribution in [0.3, 0.4) is 0 Å². The van der Waals surface area contributed by atoms with Gasteiger partial charge >= 0.3 is 0 Å². The van der Waals surface area contributed by atoms with Crippen LogP contribution in [-0.4, -0.2) is 57.9 Å². The largest absolute Gasteiger partial charge is 0.325 e. The highest BCUT2D eigenvalue weighted by atomic mass is 35.5. The van der Waals surface area contributed by atoms with E-state index in [-0.39, 0.29) is 29.0 Å². The molecule has 5 rings (SSSR count). The van der Waals surface area contributed by atoms with Crippen molar-refractivity contribution in [1.29, 1.82) is 5.26 Å². The molecule has 0 saturated heterocycles. The normalized spacial score (nSPS) is 20.6. The first-order valence-corrected chi connectivity index (χ1v) is 13.8. The van der Waals surface area contributed by atoms with E-state index in [1.165, 1.54) is 32.1 Å². The van der Waals surface area contributed by atoms with Gasteiger partial charge in [0.25, 0.3) is 0 Å². The molecule has 0 aromatic carbocycles. The van der Waals surface area contributed by atoms with E-state index in [0.29, 0.717) is 18.7 Å². The van der Waals surface area contributed by atoms with E-state index in [4.69, 9.17) is 24.1 Å². The summed E-state index contributed by atoms with van der Waals surface area (Å²) in [5, 5.41) is 36.1. The molecule has 3 saturated carbocycles. The van der Waals surface area contributed by atoms with E-state index < -0.39 is 0 Å². The lowest BCUT2D eigenvalue weighted by Gasteiger charge is -2.32. The van der Waals surface area contributed by atoms with Crippen LogP contribution in [-0.2, 0) is 12.8 Å². The Morgan fingerprint density at radius 2 is 1.15 bits per heavy atom. The van der Waals surface area contributed by atoms with Crippen LogP contribution in [0.5, 0.6) is 0 Å². The third kappa shape index (κ3) is 10.2. The Kier molecular flexibility index (Phi) is 13.2. The number of hydrogen-bond acceptors (Lipinski definition) is 8.